The number of terminal acetylenes is 1. The van der Waals surface area contributed by atoms with E-state index in [1.54, 1.807) is 0 Å². The highest BCUT2D eigenvalue weighted by Gasteiger charge is 2.07. The summed E-state index contributed by atoms with van der Waals surface area (Å²) in [6, 6.07) is 16.0. The van der Waals surface area contributed by atoms with Gasteiger partial charge in [-0.15, -0.1) is 6.42 Å². The molecule has 0 saturated carbocycles. The molecule has 2 nitrogen and oxygen atoms in total. The Morgan fingerprint density at radius 3 is 2.81 bits per heavy atom. The van der Waals surface area contributed by atoms with Crippen LogP contribution in [0, 0.1) is 12.3 Å². The van der Waals surface area contributed by atoms with Gasteiger partial charge in [-0.2, -0.15) is 0 Å². The van der Waals surface area contributed by atoms with Crippen molar-refractivity contribution in [3.8, 4) is 18.1 Å². The molecule has 0 aromatic heterocycles. The minimum atomic E-state index is 0.199. The van der Waals surface area contributed by atoms with Crippen molar-refractivity contribution in [3.05, 3.63) is 64.7 Å². The summed E-state index contributed by atoms with van der Waals surface area (Å²) in [7, 11) is 0. The molecule has 0 aliphatic carbocycles. The van der Waals surface area contributed by atoms with E-state index >= 15 is 0 Å². The van der Waals surface area contributed by atoms with Gasteiger partial charge in [-0.3, -0.25) is 0 Å². The summed E-state index contributed by atoms with van der Waals surface area (Å²) in [4.78, 5) is 0. The second kappa shape index (κ2) is 7.73. The number of nitrogens with one attached hydrogen (secondary N) is 1. The molecule has 0 heterocycles. The number of benzene rings is 2. The van der Waals surface area contributed by atoms with Gasteiger partial charge in [0.1, 0.15) is 12.4 Å². The standard InChI is InChI=1S/C18H18ClNO/c1-3-11-21-18-10-5-4-7-16(18)13-20-14(2)15-8-6-9-17(19)12-15/h1,4-10,12,14,20H,11,13H2,2H3/t14-/m0/s1. The molecule has 0 aliphatic rings. The van der Waals surface area contributed by atoms with Crippen molar-refractivity contribution in [2.75, 3.05) is 6.61 Å². The summed E-state index contributed by atoms with van der Waals surface area (Å²) in [6.07, 6.45) is 5.24. The summed E-state index contributed by atoms with van der Waals surface area (Å²) in [5, 5.41) is 4.22. The predicted molar refractivity (Wildman–Crippen MR) is 87.5 cm³/mol. The first-order valence-corrected chi connectivity index (χ1v) is 7.21. The Morgan fingerprint density at radius 2 is 2.05 bits per heavy atom. The highest BCUT2D eigenvalue weighted by atomic mass is 35.5. The van der Waals surface area contributed by atoms with Crippen LogP contribution in [0.1, 0.15) is 24.1 Å². The lowest BCUT2D eigenvalue weighted by Gasteiger charge is -2.16. The molecule has 0 fully saturated rings. The Morgan fingerprint density at radius 1 is 1.24 bits per heavy atom. The Balaban J connectivity index is 2.01. The van der Waals surface area contributed by atoms with Crippen LogP contribution in [-0.4, -0.2) is 6.61 Å². The number of ether oxygens (including phenoxy) is 1. The van der Waals surface area contributed by atoms with Crippen molar-refractivity contribution >= 4 is 11.6 Å². The molecule has 21 heavy (non-hydrogen) atoms. The Labute approximate surface area is 131 Å². The van der Waals surface area contributed by atoms with Crippen molar-refractivity contribution in [2.45, 2.75) is 19.5 Å². The molecule has 0 spiro atoms. The lowest BCUT2D eigenvalue weighted by molar-refractivity contribution is 0.364. The van der Waals surface area contributed by atoms with E-state index in [4.69, 9.17) is 22.8 Å². The minimum absolute atomic E-state index is 0.199. The Bertz CT molecular complexity index is 633. The molecule has 0 saturated heterocycles. The zero-order chi connectivity index (χ0) is 15.1. The van der Waals surface area contributed by atoms with Crippen molar-refractivity contribution < 1.29 is 4.74 Å². The SMILES string of the molecule is C#CCOc1ccccc1CN[C@@H](C)c1cccc(Cl)c1. The molecule has 108 valence electrons. The van der Waals surface area contributed by atoms with Crippen molar-refractivity contribution in [1.29, 1.82) is 0 Å². The summed E-state index contributed by atoms with van der Waals surface area (Å²) in [5.41, 5.74) is 2.24. The smallest absolute Gasteiger partial charge is 0.148 e. The van der Waals surface area contributed by atoms with Gasteiger partial charge in [0, 0.05) is 23.2 Å². The maximum atomic E-state index is 6.02. The highest BCUT2D eigenvalue weighted by molar-refractivity contribution is 6.30. The van der Waals surface area contributed by atoms with Gasteiger partial charge in [0.25, 0.3) is 0 Å². The van der Waals surface area contributed by atoms with E-state index in [2.05, 4.69) is 24.2 Å². The average molecular weight is 300 g/mol. The zero-order valence-electron chi connectivity index (χ0n) is 12.0. The van der Waals surface area contributed by atoms with E-state index < -0.39 is 0 Å². The van der Waals surface area contributed by atoms with E-state index in [9.17, 15) is 0 Å². The fraction of sp³-hybridized carbons (Fsp3) is 0.222. The number of para-hydroxylation sites is 1. The molecule has 1 atom stereocenters. The Kier molecular flexibility index (Phi) is 5.68. The van der Waals surface area contributed by atoms with Gasteiger partial charge < -0.3 is 10.1 Å². The fourth-order valence-electron chi connectivity index (χ4n) is 2.07. The maximum Gasteiger partial charge on any atom is 0.148 e. The van der Waals surface area contributed by atoms with Crippen LogP contribution >= 0.6 is 11.6 Å². The minimum Gasteiger partial charge on any atom is -0.481 e. The van der Waals surface area contributed by atoms with Gasteiger partial charge in [0.2, 0.25) is 0 Å². The third kappa shape index (κ3) is 4.53. The van der Waals surface area contributed by atoms with E-state index in [1.807, 2.05) is 42.5 Å². The second-order valence-electron chi connectivity index (χ2n) is 4.76. The number of hydrogen-bond acceptors (Lipinski definition) is 2. The summed E-state index contributed by atoms with van der Waals surface area (Å²) in [5.74, 6) is 3.30. The van der Waals surface area contributed by atoms with Crippen molar-refractivity contribution in [1.82, 2.24) is 5.32 Å². The molecule has 3 heteroatoms. The first kappa shape index (κ1) is 15.4. The lowest BCUT2D eigenvalue weighted by Crippen LogP contribution is -2.18. The fourth-order valence-corrected chi connectivity index (χ4v) is 2.27. The predicted octanol–water partition coefficient (Wildman–Crippen LogP) is 4.20. The first-order valence-electron chi connectivity index (χ1n) is 6.83. The molecule has 0 bridgehead atoms. The van der Waals surface area contributed by atoms with Crippen LogP contribution in [-0.2, 0) is 6.54 Å². The number of hydrogen-bond donors (Lipinski definition) is 1. The highest BCUT2D eigenvalue weighted by Crippen LogP contribution is 2.21. The largest absolute Gasteiger partial charge is 0.481 e. The normalized spacial score (nSPS) is 11.7. The summed E-state index contributed by atoms with van der Waals surface area (Å²) >= 11 is 6.02. The van der Waals surface area contributed by atoms with Crippen LogP contribution in [0.15, 0.2) is 48.5 Å². The van der Waals surface area contributed by atoms with Gasteiger partial charge in [-0.25, -0.2) is 0 Å². The van der Waals surface area contributed by atoms with Gasteiger partial charge >= 0.3 is 0 Å². The summed E-state index contributed by atoms with van der Waals surface area (Å²) < 4.78 is 5.55. The third-order valence-corrected chi connectivity index (χ3v) is 3.47. The number of halogens is 1. The lowest BCUT2D eigenvalue weighted by atomic mass is 10.1. The molecule has 0 amide bonds. The maximum absolute atomic E-state index is 6.02. The van der Waals surface area contributed by atoms with Gasteiger partial charge in [0.05, 0.1) is 0 Å². The zero-order valence-corrected chi connectivity index (χ0v) is 12.7. The van der Waals surface area contributed by atoms with Crippen LogP contribution in [0.3, 0.4) is 0 Å². The van der Waals surface area contributed by atoms with E-state index in [0.717, 1.165) is 21.9 Å². The van der Waals surface area contributed by atoms with E-state index in [0.29, 0.717) is 6.54 Å². The molecule has 0 aliphatic heterocycles. The van der Waals surface area contributed by atoms with Gasteiger partial charge in [0.15, 0.2) is 0 Å². The molecular weight excluding hydrogens is 282 g/mol. The van der Waals surface area contributed by atoms with Crippen molar-refractivity contribution in [3.63, 3.8) is 0 Å². The van der Waals surface area contributed by atoms with Crippen LogP contribution in [0.4, 0.5) is 0 Å². The summed E-state index contributed by atoms with van der Waals surface area (Å²) in [6.45, 7) is 3.09. The quantitative estimate of drug-likeness (QED) is 0.807. The van der Waals surface area contributed by atoms with Crippen LogP contribution in [0.2, 0.25) is 5.02 Å². The molecule has 2 aromatic rings. The average Bonchev–Trinajstić information content (AvgIpc) is 2.51. The van der Waals surface area contributed by atoms with Crippen LogP contribution in [0.25, 0.3) is 0 Å². The van der Waals surface area contributed by atoms with Gasteiger partial charge in [-0.1, -0.05) is 47.9 Å². The molecule has 2 rings (SSSR count). The molecule has 0 radical (unpaired) electrons. The van der Waals surface area contributed by atoms with Gasteiger partial charge in [-0.05, 0) is 30.7 Å². The van der Waals surface area contributed by atoms with E-state index in [-0.39, 0.29) is 12.6 Å². The molecule has 2 aromatic carbocycles. The molecule has 0 unspecified atom stereocenters. The Hall–Kier alpha value is -1.95. The topological polar surface area (TPSA) is 21.3 Å². The number of rotatable bonds is 6. The molecule has 1 N–H and O–H groups in total. The monoisotopic (exact) mass is 299 g/mol. The molecular formula is C18H18ClNO. The van der Waals surface area contributed by atoms with Crippen molar-refractivity contribution in [2.24, 2.45) is 0 Å². The third-order valence-electron chi connectivity index (χ3n) is 3.23. The van der Waals surface area contributed by atoms with E-state index in [1.165, 1.54) is 0 Å². The second-order valence-corrected chi connectivity index (χ2v) is 5.19. The first-order chi connectivity index (χ1) is 10.2. The van der Waals surface area contributed by atoms with Crippen LogP contribution in [0.5, 0.6) is 5.75 Å². The van der Waals surface area contributed by atoms with Crippen LogP contribution < -0.4 is 10.1 Å².